The monoisotopic (exact) mass is 744 g/mol. The van der Waals surface area contributed by atoms with E-state index in [0.717, 1.165) is 12.1 Å². The topological polar surface area (TPSA) is 9.86 Å². The molecule has 3 heteroatoms. The zero-order valence-corrected chi connectivity index (χ0v) is 32.0. The highest BCUT2D eigenvalue weighted by atomic mass is 32.1. The smallest absolute Gasteiger partial charge is 0.0567 e. The highest BCUT2D eigenvalue weighted by molar-refractivity contribution is 7.20. The van der Waals surface area contributed by atoms with Crippen LogP contribution in [0.4, 0.5) is 0 Å². The van der Waals surface area contributed by atoms with Gasteiger partial charge in [-0.2, -0.15) is 0 Å². The fourth-order valence-corrected chi connectivity index (χ4v) is 10.6. The molecule has 268 valence electrons. The van der Waals surface area contributed by atoms with Crippen LogP contribution in [0.1, 0.15) is 16.5 Å². The molecular formula is C54H36N2S. The molecule has 3 heterocycles. The molecule has 0 fully saturated rings. The SMILES string of the molecule is C1=CC(n2c3ccccc3c3ccc(-c4ccc5c(c4)c4ccccc4n5-c4cc(-c5ccccc5)cc(-c5ccccc5)c4)cc32)Cc2c1sc1ccccc21. The molecule has 0 spiro atoms. The number of fused-ring (bicyclic) bond motifs is 9. The maximum atomic E-state index is 2.59. The number of aromatic nitrogens is 2. The zero-order chi connectivity index (χ0) is 37.5. The van der Waals surface area contributed by atoms with Crippen molar-refractivity contribution in [1.82, 2.24) is 9.13 Å². The third kappa shape index (κ3) is 5.16. The quantitative estimate of drug-likeness (QED) is 0.166. The average molecular weight is 745 g/mol. The van der Waals surface area contributed by atoms with E-state index in [4.69, 9.17) is 0 Å². The first kappa shape index (κ1) is 32.3. The van der Waals surface area contributed by atoms with Crippen LogP contribution in [0.2, 0.25) is 0 Å². The van der Waals surface area contributed by atoms with Crippen molar-refractivity contribution in [1.29, 1.82) is 0 Å². The van der Waals surface area contributed by atoms with E-state index in [1.165, 1.54) is 97.5 Å². The lowest BCUT2D eigenvalue weighted by Crippen LogP contribution is -2.12. The molecular weight excluding hydrogens is 709 g/mol. The predicted molar refractivity (Wildman–Crippen MR) is 244 cm³/mol. The second-order valence-electron chi connectivity index (χ2n) is 15.3. The number of para-hydroxylation sites is 2. The summed E-state index contributed by atoms with van der Waals surface area (Å²) in [4.78, 5) is 1.39. The Morgan fingerprint density at radius 2 is 0.982 bits per heavy atom. The number of allylic oxidation sites excluding steroid dienone is 1. The van der Waals surface area contributed by atoms with Gasteiger partial charge in [0.15, 0.2) is 0 Å². The molecule has 0 saturated carbocycles. The van der Waals surface area contributed by atoms with Gasteiger partial charge >= 0.3 is 0 Å². The number of benzene rings is 8. The van der Waals surface area contributed by atoms with Gasteiger partial charge < -0.3 is 9.13 Å². The second-order valence-corrected chi connectivity index (χ2v) is 16.4. The van der Waals surface area contributed by atoms with Crippen molar-refractivity contribution in [2.75, 3.05) is 0 Å². The minimum absolute atomic E-state index is 0.223. The summed E-state index contributed by atoms with van der Waals surface area (Å²) in [6.07, 6.45) is 5.77. The molecule has 1 atom stereocenters. The molecule has 12 rings (SSSR count). The Bertz CT molecular complexity index is 3320. The lowest BCUT2D eigenvalue weighted by Gasteiger charge is -2.22. The molecule has 0 amide bonds. The summed E-state index contributed by atoms with van der Waals surface area (Å²) in [7, 11) is 0. The summed E-state index contributed by atoms with van der Waals surface area (Å²) in [5.74, 6) is 0. The summed E-state index contributed by atoms with van der Waals surface area (Å²) < 4.78 is 6.41. The fraction of sp³-hybridized carbons (Fsp3) is 0.0370. The largest absolute Gasteiger partial charge is 0.333 e. The van der Waals surface area contributed by atoms with Crippen molar-refractivity contribution < 1.29 is 0 Å². The predicted octanol–water partition coefficient (Wildman–Crippen LogP) is 14.9. The van der Waals surface area contributed by atoms with Gasteiger partial charge in [0, 0.05) is 42.3 Å². The minimum atomic E-state index is 0.223. The summed E-state index contributed by atoms with van der Waals surface area (Å²) in [5, 5.41) is 6.50. The van der Waals surface area contributed by atoms with E-state index in [2.05, 4.69) is 209 Å². The van der Waals surface area contributed by atoms with Crippen molar-refractivity contribution >= 4 is 71.1 Å². The molecule has 0 bridgehead atoms. The summed E-state index contributed by atoms with van der Waals surface area (Å²) in [6, 6.07) is 69.5. The highest BCUT2D eigenvalue weighted by Crippen LogP contribution is 2.43. The Hall–Kier alpha value is -6.94. The molecule has 11 aromatic rings. The molecule has 0 aliphatic heterocycles. The van der Waals surface area contributed by atoms with Crippen molar-refractivity contribution in [3.63, 3.8) is 0 Å². The molecule has 1 aliphatic rings. The van der Waals surface area contributed by atoms with Crippen LogP contribution in [0.5, 0.6) is 0 Å². The number of thiophene rings is 1. The summed E-state index contributed by atoms with van der Waals surface area (Å²) in [5.41, 5.74) is 14.9. The van der Waals surface area contributed by atoms with Gasteiger partial charge in [-0.1, -0.05) is 140 Å². The lowest BCUT2D eigenvalue weighted by molar-refractivity contribution is 0.640. The van der Waals surface area contributed by atoms with E-state index < -0.39 is 0 Å². The van der Waals surface area contributed by atoms with Gasteiger partial charge in [-0.05, 0) is 111 Å². The van der Waals surface area contributed by atoms with Crippen LogP contribution in [0.25, 0.3) is 98.8 Å². The minimum Gasteiger partial charge on any atom is -0.333 e. The van der Waals surface area contributed by atoms with Crippen molar-refractivity contribution in [2.45, 2.75) is 12.5 Å². The van der Waals surface area contributed by atoms with E-state index in [-0.39, 0.29) is 6.04 Å². The van der Waals surface area contributed by atoms with Crippen LogP contribution >= 0.6 is 11.3 Å². The van der Waals surface area contributed by atoms with E-state index >= 15 is 0 Å². The van der Waals surface area contributed by atoms with Crippen molar-refractivity contribution in [3.05, 3.63) is 205 Å². The van der Waals surface area contributed by atoms with Crippen LogP contribution in [0, 0.1) is 0 Å². The van der Waals surface area contributed by atoms with E-state index in [1.807, 2.05) is 11.3 Å². The van der Waals surface area contributed by atoms with E-state index in [9.17, 15) is 0 Å². The van der Waals surface area contributed by atoms with Gasteiger partial charge in [-0.15, -0.1) is 11.3 Å². The molecule has 0 N–H and O–H groups in total. The zero-order valence-electron chi connectivity index (χ0n) is 31.1. The van der Waals surface area contributed by atoms with Crippen LogP contribution < -0.4 is 0 Å². The third-order valence-corrected chi connectivity index (χ3v) is 13.2. The van der Waals surface area contributed by atoms with Gasteiger partial charge in [-0.25, -0.2) is 0 Å². The second kappa shape index (κ2) is 12.8. The van der Waals surface area contributed by atoms with E-state index in [0.29, 0.717) is 0 Å². The molecule has 8 aromatic carbocycles. The third-order valence-electron chi connectivity index (χ3n) is 12.1. The van der Waals surface area contributed by atoms with Crippen LogP contribution in [0.15, 0.2) is 194 Å². The van der Waals surface area contributed by atoms with Gasteiger partial charge in [0.2, 0.25) is 0 Å². The van der Waals surface area contributed by atoms with Crippen molar-refractivity contribution in [3.8, 4) is 39.1 Å². The van der Waals surface area contributed by atoms with Gasteiger partial charge in [0.05, 0.1) is 22.6 Å². The van der Waals surface area contributed by atoms with Gasteiger partial charge in [0.25, 0.3) is 0 Å². The standard InChI is InChI=1S/C54H36N2S/c1-3-13-35(14-4-1)39-29-40(36-15-5-2-6-16-36)31-42(30-39)56-50-21-11-8-18-44(50)47-32-37(24-27-51(47)56)38-23-26-45-43-17-7-10-20-49(43)55(52(45)33-38)41-25-28-54-48(34-41)46-19-9-12-22-53(46)57-54/h1-33,41H,34H2. The normalized spacial score (nSPS) is 14.0. The molecule has 0 saturated heterocycles. The van der Waals surface area contributed by atoms with Gasteiger partial charge in [-0.3, -0.25) is 0 Å². The first-order valence-electron chi connectivity index (χ1n) is 19.8. The molecule has 2 nitrogen and oxygen atoms in total. The van der Waals surface area contributed by atoms with Gasteiger partial charge in [0.1, 0.15) is 0 Å². The fourth-order valence-electron chi connectivity index (χ4n) is 9.42. The van der Waals surface area contributed by atoms with Crippen LogP contribution in [-0.2, 0) is 6.42 Å². The Morgan fingerprint density at radius 3 is 1.74 bits per heavy atom. The molecule has 3 aromatic heterocycles. The Balaban J connectivity index is 1.02. The summed E-state index contributed by atoms with van der Waals surface area (Å²) in [6.45, 7) is 0. The number of hydrogen-bond donors (Lipinski definition) is 0. The maximum Gasteiger partial charge on any atom is 0.0567 e. The Kier molecular flexibility index (Phi) is 7.26. The molecule has 1 unspecified atom stereocenters. The lowest BCUT2D eigenvalue weighted by atomic mass is 9.96. The highest BCUT2D eigenvalue weighted by Gasteiger charge is 2.24. The Morgan fingerprint density at radius 1 is 0.404 bits per heavy atom. The molecule has 57 heavy (non-hydrogen) atoms. The number of nitrogens with zero attached hydrogens (tertiary/aromatic N) is 2. The van der Waals surface area contributed by atoms with E-state index in [1.54, 1.807) is 0 Å². The molecule has 0 radical (unpaired) electrons. The first-order chi connectivity index (χ1) is 28.2. The summed E-state index contributed by atoms with van der Waals surface area (Å²) >= 11 is 1.91. The first-order valence-corrected chi connectivity index (χ1v) is 20.6. The number of hydrogen-bond acceptors (Lipinski definition) is 1. The van der Waals surface area contributed by atoms with Crippen LogP contribution in [-0.4, -0.2) is 9.13 Å². The van der Waals surface area contributed by atoms with Crippen LogP contribution in [0.3, 0.4) is 0 Å². The average Bonchev–Trinajstić information content (AvgIpc) is 3.94. The Labute approximate surface area is 334 Å². The number of rotatable bonds is 5. The molecule has 1 aliphatic carbocycles. The van der Waals surface area contributed by atoms with Crippen molar-refractivity contribution in [2.24, 2.45) is 0 Å². The maximum absolute atomic E-state index is 2.59.